The van der Waals surface area contributed by atoms with Crippen molar-refractivity contribution in [1.82, 2.24) is 0 Å². The molecule has 4 aromatic carbocycles. The number of aliphatic imine (C=N–C) groups is 1. The van der Waals surface area contributed by atoms with Crippen LogP contribution in [-0.4, -0.2) is 13.3 Å². The number of anilines is 1. The highest BCUT2D eigenvalue weighted by atomic mass is 16.5. The van der Waals surface area contributed by atoms with Crippen molar-refractivity contribution in [2.75, 3.05) is 12.4 Å². The van der Waals surface area contributed by atoms with Gasteiger partial charge in [0, 0.05) is 17.8 Å². The van der Waals surface area contributed by atoms with Crippen molar-refractivity contribution in [3.05, 3.63) is 131 Å². The first kappa shape index (κ1) is 24.1. The zero-order valence-electron chi connectivity index (χ0n) is 21.8. The molecule has 2 aliphatic rings. The number of nitrogens with zero attached hydrogens (tertiary/aromatic N) is 1. The molecule has 6 rings (SSSR count). The van der Waals surface area contributed by atoms with E-state index < -0.39 is 0 Å². The van der Waals surface area contributed by atoms with Crippen LogP contribution >= 0.6 is 0 Å². The van der Waals surface area contributed by atoms with Crippen LogP contribution in [0, 0.1) is 12.8 Å². The number of nitrogens with one attached hydrogen (secondary N) is 1. The summed E-state index contributed by atoms with van der Waals surface area (Å²) in [5.74, 6) is 2.42. The lowest BCUT2D eigenvalue weighted by Crippen LogP contribution is -2.29. The van der Waals surface area contributed by atoms with Gasteiger partial charge in [0.25, 0.3) is 0 Å². The van der Waals surface area contributed by atoms with Gasteiger partial charge in [0.1, 0.15) is 6.61 Å². The van der Waals surface area contributed by atoms with Gasteiger partial charge in [-0.25, -0.2) is 0 Å². The molecule has 3 atom stereocenters. The summed E-state index contributed by atoms with van der Waals surface area (Å²) in [6.07, 6.45) is 7.70. The van der Waals surface area contributed by atoms with E-state index in [0.29, 0.717) is 29.9 Å². The van der Waals surface area contributed by atoms with Crippen molar-refractivity contribution in [3.8, 4) is 11.5 Å². The Morgan fingerprint density at radius 1 is 0.921 bits per heavy atom. The van der Waals surface area contributed by atoms with Crippen LogP contribution in [-0.2, 0) is 6.61 Å². The monoisotopic (exact) mass is 500 g/mol. The summed E-state index contributed by atoms with van der Waals surface area (Å²) in [7, 11) is 1.66. The third kappa shape index (κ3) is 4.95. The lowest BCUT2D eigenvalue weighted by Gasteiger charge is -2.37. The molecule has 1 aliphatic carbocycles. The van der Waals surface area contributed by atoms with Crippen molar-refractivity contribution in [2.24, 2.45) is 10.9 Å². The maximum absolute atomic E-state index is 5.98. The molecule has 4 heteroatoms. The fraction of sp³-hybridized carbons (Fsp3) is 0.206. The smallest absolute Gasteiger partial charge is 0.161 e. The van der Waals surface area contributed by atoms with E-state index in [1.165, 1.54) is 22.4 Å². The molecule has 38 heavy (non-hydrogen) atoms. The Bertz CT molecular complexity index is 1470. The predicted octanol–water partition coefficient (Wildman–Crippen LogP) is 8.16. The van der Waals surface area contributed by atoms with E-state index in [2.05, 4.69) is 66.9 Å². The van der Waals surface area contributed by atoms with Crippen molar-refractivity contribution in [2.45, 2.75) is 31.9 Å². The molecule has 0 aromatic heterocycles. The first-order valence-corrected chi connectivity index (χ1v) is 13.2. The number of rotatable bonds is 7. The molecule has 190 valence electrons. The van der Waals surface area contributed by atoms with Crippen LogP contribution in [0.25, 0.3) is 0 Å². The van der Waals surface area contributed by atoms with Gasteiger partial charge in [-0.15, -0.1) is 0 Å². The molecule has 0 bridgehead atoms. The number of aryl methyl sites for hydroxylation is 1. The zero-order chi connectivity index (χ0) is 25.9. The van der Waals surface area contributed by atoms with Gasteiger partial charge in [-0.3, -0.25) is 4.99 Å². The van der Waals surface area contributed by atoms with Crippen LogP contribution in [0.1, 0.15) is 46.2 Å². The molecule has 0 fully saturated rings. The number of hydrogen-bond acceptors (Lipinski definition) is 4. The first-order chi connectivity index (χ1) is 18.7. The van der Waals surface area contributed by atoms with Gasteiger partial charge in [-0.05, 0) is 77.9 Å². The molecule has 0 amide bonds. The van der Waals surface area contributed by atoms with E-state index in [0.717, 1.165) is 23.2 Å². The molecule has 0 unspecified atom stereocenters. The quantitative estimate of drug-likeness (QED) is 0.206. The summed E-state index contributed by atoms with van der Waals surface area (Å²) in [4.78, 5) is 4.72. The van der Waals surface area contributed by atoms with Gasteiger partial charge < -0.3 is 14.8 Å². The van der Waals surface area contributed by atoms with Gasteiger partial charge in [-0.1, -0.05) is 72.3 Å². The second-order valence-electron chi connectivity index (χ2n) is 10.1. The Balaban J connectivity index is 1.15. The van der Waals surface area contributed by atoms with Gasteiger partial charge in [0.15, 0.2) is 11.5 Å². The summed E-state index contributed by atoms with van der Waals surface area (Å²) in [6.45, 7) is 2.67. The third-order valence-corrected chi connectivity index (χ3v) is 7.56. The van der Waals surface area contributed by atoms with Crippen LogP contribution < -0.4 is 14.8 Å². The van der Waals surface area contributed by atoms with Gasteiger partial charge >= 0.3 is 0 Å². The highest BCUT2D eigenvalue weighted by Gasteiger charge is 2.37. The Morgan fingerprint density at radius 2 is 1.76 bits per heavy atom. The number of methoxy groups -OCH3 is 1. The molecule has 0 saturated heterocycles. The minimum atomic E-state index is 0.288. The molecule has 1 aliphatic heterocycles. The Morgan fingerprint density at radius 3 is 2.58 bits per heavy atom. The van der Waals surface area contributed by atoms with E-state index in [1.807, 2.05) is 54.7 Å². The number of fused-ring (bicyclic) bond motifs is 3. The highest BCUT2D eigenvalue weighted by molar-refractivity contribution is 5.83. The number of hydrogen-bond donors (Lipinski definition) is 1. The second kappa shape index (κ2) is 10.6. The highest BCUT2D eigenvalue weighted by Crippen LogP contribution is 2.50. The molecular formula is C34H32N2O2. The molecule has 4 nitrogen and oxygen atoms in total. The molecular weight excluding hydrogens is 468 g/mol. The molecule has 1 N–H and O–H groups in total. The standard InChI is InChI=1S/C34H32N2O2/c1-23-11-17-31-30(19-23)28-9-6-10-29(28)34(36-31)26-13-15-27(16-14-26)35-21-25-12-18-32(33(20-25)37-2)38-22-24-7-4-3-5-8-24/h3-9,11-21,28-29,34,36H,10,22H2,1-2H3/t28-,29+,34-/m0/s1. The van der Waals surface area contributed by atoms with E-state index in [9.17, 15) is 0 Å². The summed E-state index contributed by atoms with van der Waals surface area (Å²) < 4.78 is 11.6. The number of ether oxygens (including phenoxy) is 2. The maximum Gasteiger partial charge on any atom is 0.161 e. The molecule has 4 aromatic rings. The second-order valence-corrected chi connectivity index (χ2v) is 10.1. The maximum atomic E-state index is 5.98. The van der Waals surface area contributed by atoms with Crippen LogP contribution in [0.2, 0.25) is 0 Å². The number of allylic oxidation sites excluding steroid dienone is 2. The minimum Gasteiger partial charge on any atom is -0.493 e. The van der Waals surface area contributed by atoms with E-state index >= 15 is 0 Å². The molecule has 1 heterocycles. The van der Waals surface area contributed by atoms with E-state index in [1.54, 1.807) is 7.11 Å². The predicted molar refractivity (Wildman–Crippen MR) is 155 cm³/mol. The van der Waals surface area contributed by atoms with Crippen molar-refractivity contribution >= 4 is 17.6 Å². The summed E-state index contributed by atoms with van der Waals surface area (Å²) >= 11 is 0. The van der Waals surface area contributed by atoms with Crippen molar-refractivity contribution < 1.29 is 9.47 Å². The minimum absolute atomic E-state index is 0.288. The van der Waals surface area contributed by atoms with E-state index in [-0.39, 0.29) is 6.04 Å². The Hall–Kier alpha value is -4.31. The summed E-state index contributed by atoms with van der Waals surface area (Å²) in [6, 6.07) is 31.7. The first-order valence-electron chi connectivity index (χ1n) is 13.2. The average Bonchev–Trinajstić information content (AvgIpc) is 3.46. The van der Waals surface area contributed by atoms with Gasteiger partial charge in [-0.2, -0.15) is 0 Å². The van der Waals surface area contributed by atoms with Crippen molar-refractivity contribution in [1.29, 1.82) is 0 Å². The van der Waals surface area contributed by atoms with Gasteiger partial charge in [0.05, 0.1) is 18.8 Å². The Labute approximate surface area is 224 Å². The average molecular weight is 501 g/mol. The lowest BCUT2D eigenvalue weighted by molar-refractivity contribution is 0.284. The zero-order valence-corrected chi connectivity index (χ0v) is 21.8. The topological polar surface area (TPSA) is 42.8 Å². The summed E-state index contributed by atoms with van der Waals surface area (Å²) in [5, 5.41) is 3.82. The normalized spacial score (nSPS) is 19.6. The van der Waals surface area contributed by atoms with E-state index in [4.69, 9.17) is 14.5 Å². The van der Waals surface area contributed by atoms with Gasteiger partial charge in [0.2, 0.25) is 0 Å². The third-order valence-electron chi connectivity index (χ3n) is 7.56. The largest absolute Gasteiger partial charge is 0.493 e. The Kier molecular flexibility index (Phi) is 6.70. The SMILES string of the molecule is COc1cc(C=Nc2ccc([C@@H]3Nc4ccc(C)cc4[C@H]4C=CC[C@H]43)cc2)ccc1OCc1ccccc1. The molecule has 0 saturated carbocycles. The van der Waals surface area contributed by atoms with Crippen LogP contribution in [0.3, 0.4) is 0 Å². The van der Waals surface area contributed by atoms with Crippen LogP contribution in [0.5, 0.6) is 11.5 Å². The summed E-state index contributed by atoms with van der Waals surface area (Å²) in [5.41, 5.74) is 8.29. The van der Waals surface area contributed by atoms with Crippen LogP contribution in [0.4, 0.5) is 11.4 Å². The number of benzene rings is 4. The fourth-order valence-corrected chi connectivity index (χ4v) is 5.58. The lowest BCUT2D eigenvalue weighted by atomic mass is 9.76. The van der Waals surface area contributed by atoms with Crippen LogP contribution in [0.15, 0.2) is 108 Å². The molecule has 0 radical (unpaired) electrons. The molecule has 0 spiro atoms. The fourth-order valence-electron chi connectivity index (χ4n) is 5.58. The van der Waals surface area contributed by atoms with Crippen molar-refractivity contribution in [3.63, 3.8) is 0 Å².